The minimum Gasteiger partial charge on any atom is -0.475 e. The molecule has 1 atom stereocenters. The molecule has 188 valence electrons. The number of benzene rings is 2. The third kappa shape index (κ3) is 6.60. The van der Waals surface area contributed by atoms with Crippen LogP contribution in [0.4, 0.5) is 18.9 Å². The summed E-state index contributed by atoms with van der Waals surface area (Å²) in [5.74, 6) is -2.43. The van der Waals surface area contributed by atoms with Crippen LogP contribution in [0.3, 0.4) is 0 Å². The molecule has 2 heterocycles. The number of nitrogens with zero attached hydrogens (tertiary/aromatic N) is 3. The molecular weight excluding hydrogens is 463 g/mol. The van der Waals surface area contributed by atoms with E-state index in [9.17, 15) is 22.8 Å². The second-order valence-corrected chi connectivity index (χ2v) is 8.75. The molecule has 2 aliphatic heterocycles. The van der Waals surface area contributed by atoms with Gasteiger partial charge in [0.05, 0.1) is 12.1 Å². The molecule has 7 nitrogen and oxygen atoms in total. The number of amides is 2. The van der Waals surface area contributed by atoms with E-state index < -0.39 is 12.1 Å². The Morgan fingerprint density at radius 3 is 2.14 bits per heavy atom. The van der Waals surface area contributed by atoms with Crippen LogP contribution < -0.4 is 4.90 Å². The van der Waals surface area contributed by atoms with Crippen molar-refractivity contribution in [3.05, 3.63) is 66.2 Å². The van der Waals surface area contributed by atoms with Gasteiger partial charge in [-0.1, -0.05) is 48.5 Å². The Balaban J connectivity index is 0.000000429. The maximum absolute atomic E-state index is 12.8. The molecule has 2 aromatic carbocycles. The quantitative estimate of drug-likeness (QED) is 0.711. The van der Waals surface area contributed by atoms with Crippen molar-refractivity contribution in [2.45, 2.75) is 31.0 Å². The summed E-state index contributed by atoms with van der Waals surface area (Å²) in [6.07, 6.45) is -2.88. The van der Waals surface area contributed by atoms with Gasteiger partial charge in [0.15, 0.2) is 0 Å². The van der Waals surface area contributed by atoms with Crippen LogP contribution in [0, 0.1) is 0 Å². The summed E-state index contributed by atoms with van der Waals surface area (Å²) in [6.45, 7) is 2.47. The molecule has 2 saturated heterocycles. The standard InChI is InChI=1S/C23H27N3O2.C2HF3O2/c1-24-16-22(28)26(20-10-6-3-7-11-20)18-23(24)14-15-25(17-23)21(27)13-12-19-8-4-2-5-9-19;3-2(4,5)1(6)7/h2-11H,12-18H2,1H3;(H,6,7). The Morgan fingerprint density at radius 1 is 1.00 bits per heavy atom. The van der Waals surface area contributed by atoms with E-state index in [-0.39, 0.29) is 17.4 Å². The zero-order valence-corrected chi connectivity index (χ0v) is 19.4. The van der Waals surface area contributed by atoms with Gasteiger partial charge in [0, 0.05) is 31.7 Å². The lowest BCUT2D eigenvalue weighted by Crippen LogP contribution is -2.64. The van der Waals surface area contributed by atoms with Crippen LogP contribution in [-0.2, 0) is 20.8 Å². The van der Waals surface area contributed by atoms with E-state index in [0.29, 0.717) is 26.1 Å². The maximum Gasteiger partial charge on any atom is 0.490 e. The smallest absolute Gasteiger partial charge is 0.475 e. The molecule has 2 aliphatic rings. The fourth-order valence-electron chi connectivity index (χ4n) is 4.37. The number of likely N-dealkylation sites (N-methyl/N-ethyl adjacent to an activating group) is 1. The molecule has 1 unspecified atom stereocenters. The van der Waals surface area contributed by atoms with E-state index in [2.05, 4.69) is 17.0 Å². The first kappa shape index (κ1) is 26.2. The summed E-state index contributed by atoms with van der Waals surface area (Å²) in [6, 6.07) is 20.0. The van der Waals surface area contributed by atoms with Crippen molar-refractivity contribution >= 4 is 23.5 Å². The molecule has 4 rings (SSSR count). The van der Waals surface area contributed by atoms with Crippen molar-refractivity contribution in [1.82, 2.24) is 9.80 Å². The number of halogens is 3. The van der Waals surface area contributed by atoms with E-state index in [0.717, 1.165) is 25.1 Å². The molecule has 0 aliphatic carbocycles. The normalized spacial score (nSPS) is 20.5. The van der Waals surface area contributed by atoms with Gasteiger partial charge in [-0.25, -0.2) is 4.79 Å². The SMILES string of the molecule is CN1CC(=O)N(c2ccccc2)CC12CCN(C(=O)CCc1ccccc1)C2.O=C(O)C(F)(F)F. The summed E-state index contributed by atoms with van der Waals surface area (Å²) in [5.41, 5.74) is 1.97. The zero-order valence-electron chi connectivity index (χ0n) is 19.4. The van der Waals surface area contributed by atoms with Crippen LogP contribution in [0.15, 0.2) is 60.7 Å². The first-order valence-electron chi connectivity index (χ1n) is 11.2. The van der Waals surface area contributed by atoms with Gasteiger partial charge in [0.2, 0.25) is 11.8 Å². The lowest BCUT2D eigenvalue weighted by atomic mass is 9.92. The van der Waals surface area contributed by atoms with Gasteiger partial charge in [-0.3, -0.25) is 14.5 Å². The number of carbonyl (C=O) groups is 3. The highest BCUT2D eigenvalue weighted by molar-refractivity contribution is 5.96. The third-order valence-electron chi connectivity index (χ3n) is 6.40. The number of carboxylic acids is 1. The van der Waals surface area contributed by atoms with E-state index in [1.807, 2.05) is 65.4 Å². The number of piperazine rings is 1. The average molecular weight is 492 g/mol. The van der Waals surface area contributed by atoms with Gasteiger partial charge in [-0.2, -0.15) is 13.2 Å². The topological polar surface area (TPSA) is 81.2 Å². The molecule has 0 radical (unpaired) electrons. The predicted octanol–water partition coefficient (Wildman–Crippen LogP) is 3.20. The van der Waals surface area contributed by atoms with Crippen molar-refractivity contribution in [2.24, 2.45) is 0 Å². The summed E-state index contributed by atoms with van der Waals surface area (Å²) in [4.78, 5) is 40.3. The highest BCUT2D eigenvalue weighted by Crippen LogP contribution is 2.33. The number of alkyl halides is 3. The van der Waals surface area contributed by atoms with Crippen LogP contribution in [0.1, 0.15) is 18.4 Å². The van der Waals surface area contributed by atoms with Gasteiger partial charge in [-0.15, -0.1) is 0 Å². The Labute approximate surface area is 201 Å². The van der Waals surface area contributed by atoms with E-state index in [4.69, 9.17) is 9.90 Å². The molecule has 2 amide bonds. The monoisotopic (exact) mass is 491 g/mol. The summed E-state index contributed by atoms with van der Waals surface area (Å²) in [7, 11) is 2.01. The van der Waals surface area contributed by atoms with Crippen molar-refractivity contribution in [1.29, 1.82) is 0 Å². The highest BCUT2D eigenvalue weighted by Gasteiger charge is 2.48. The van der Waals surface area contributed by atoms with Gasteiger partial charge in [0.1, 0.15) is 0 Å². The van der Waals surface area contributed by atoms with Crippen molar-refractivity contribution in [3.8, 4) is 0 Å². The van der Waals surface area contributed by atoms with Crippen LogP contribution in [0.2, 0.25) is 0 Å². The molecule has 10 heteroatoms. The number of carboxylic acid groups (broad SMARTS) is 1. The number of hydrogen-bond donors (Lipinski definition) is 1. The number of hydrogen-bond acceptors (Lipinski definition) is 4. The second-order valence-electron chi connectivity index (χ2n) is 8.75. The molecule has 0 aromatic heterocycles. The molecule has 0 saturated carbocycles. The minimum absolute atomic E-state index is 0.119. The number of carbonyl (C=O) groups excluding carboxylic acids is 2. The number of para-hydroxylation sites is 1. The lowest BCUT2D eigenvalue weighted by Gasteiger charge is -2.46. The van der Waals surface area contributed by atoms with Gasteiger partial charge >= 0.3 is 12.1 Å². The van der Waals surface area contributed by atoms with Gasteiger partial charge in [-0.05, 0) is 37.6 Å². The fraction of sp³-hybridized carbons (Fsp3) is 0.400. The number of anilines is 1. The van der Waals surface area contributed by atoms with Crippen molar-refractivity contribution < 1.29 is 32.7 Å². The van der Waals surface area contributed by atoms with Crippen LogP contribution in [-0.4, -0.2) is 77.6 Å². The molecule has 1 N–H and O–H groups in total. The van der Waals surface area contributed by atoms with Crippen LogP contribution in [0.5, 0.6) is 0 Å². The van der Waals surface area contributed by atoms with Crippen molar-refractivity contribution in [2.75, 3.05) is 38.1 Å². The highest BCUT2D eigenvalue weighted by atomic mass is 19.4. The maximum atomic E-state index is 12.8. The number of likely N-dealkylation sites (tertiary alicyclic amines) is 1. The first-order valence-corrected chi connectivity index (χ1v) is 11.2. The van der Waals surface area contributed by atoms with E-state index >= 15 is 0 Å². The second kappa shape index (κ2) is 10.9. The first-order chi connectivity index (χ1) is 16.5. The Bertz CT molecular complexity index is 1030. The Kier molecular flexibility index (Phi) is 8.16. The minimum atomic E-state index is -5.08. The molecule has 2 aromatic rings. The largest absolute Gasteiger partial charge is 0.490 e. The third-order valence-corrected chi connectivity index (χ3v) is 6.40. The lowest BCUT2D eigenvalue weighted by molar-refractivity contribution is -0.192. The Morgan fingerprint density at radius 2 is 1.57 bits per heavy atom. The Hall–Kier alpha value is -3.40. The molecular formula is C25H28F3N3O4. The summed E-state index contributed by atoms with van der Waals surface area (Å²) in [5, 5.41) is 7.12. The van der Waals surface area contributed by atoms with Gasteiger partial charge < -0.3 is 14.9 Å². The molecule has 0 bridgehead atoms. The van der Waals surface area contributed by atoms with E-state index in [1.165, 1.54) is 5.56 Å². The number of rotatable bonds is 4. The zero-order chi connectivity index (χ0) is 25.6. The number of aliphatic carboxylic acids is 1. The van der Waals surface area contributed by atoms with Crippen LogP contribution >= 0.6 is 0 Å². The fourth-order valence-corrected chi connectivity index (χ4v) is 4.37. The molecule has 35 heavy (non-hydrogen) atoms. The van der Waals surface area contributed by atoms with Crippen molar-refractivity contribution in [3.63, 3.8) is 0 Å². The summed E-state index contributed by atoms with van der Waals surface area (Å²) >= 11 is 0. The predicted molar refractivity (Wildman–Crippen MR) is 124 cm³/mol. The molecule has 2 fully saturated rings. The summed E-state index contributed by atoms with van der Waals surface area (Å²) < 4.78 is 31.7. The van der Waals surface area contributed by atoms with E-state index in [1.54, 1.807) is 0 Å². The average Bonchev–Trinajstić information content (AvgIpc) is 3.26. The molecule has 1 spiro atoms. The number of aryl methyl sites for hydroxylation is 1. The van der Waals surface area contributed by atoms with Gasteiger partial charge in [0.25, 0.3) is 0 Å². The van der Waals surface area contributed by atoms with Crippen LogP contribution in [0.25, 0.3) is 0 Å².